The minimum atomic E-state index is -0.320. The number of benzene rings is 1. The summed E-state index contributed by atoms with van der Waals surface area (Å²) in [5.41, 5.74) is 0.735. The molecule has 0 radical (unpaired) electrons. The Balaban J connectivity index is 2.93. The first-order chi connectivity index (χ1) is 9.29. The number of aliphatic hydroxyl groups excluding tert-OH is 1. The van der Waals surface area contributed by atoms with Crippen molar-refractivity contribution in [1.82, 2.24) is 5.32 Å². The van der Waals surface area contributed by atoms with Gasteiger partial charge in [0.1, 0.15) is 0 Å². The van der Waals surface area contributed by atoms with Crippen molar-refractivity contribution in [1.29, 1.82) is 0 Å². The molecule has 0 saturated carbocycles. The monoisotopic (exact) mass is 345 g/mol. The number of aliphatic hydroxyl groups is 1. The Kier molecular flexibility index (Phi) is 6.30. The van der Waals surface area contributed by atoms with E-state index in [2.05, 4.69) is 21.2 Å². The molecule has 0 fully saturated rings. The lowest BCUT2D eigenvalue weighted by Crippen LogP contribution is -2.42. The highest BCUT2D eigenvalue weighted by molar-refractivity contribution is 9.10. The number of hydrogen-bond donors (Lipinski definition) is 2. The molecule has 0 aromatic heterocycles. The molecule has 0 unspecified atom stereocenters. The fourth-order valence-corrected chi connectivity index (χ4v) is 2.07. The van der Waals surface area contributed by atoms with Crippen LogP contribution in [0.5, 0.6) is 11.5 Å². The molecule has 114 valence electrons. The number of halogens is 1. The van der Waals surface area contributed by atoms with Gasteiger partial charge < -0.3 is 19.9 Å². The van der Waals surface area contributed by atoms with E-state index in [1.54, 1.807) is 7.11 Å². The zero-order valence-corrected chi connectivity index (χ0v) is 14.4. The molecule has 0 aliphatic rings. The Hall–Kier alpha value is -0.780. The topological polar surface area (TPSA) is 50.7 Å². The summed E-state index contributed by atoms with van der Waals surface area (Å²) >= 11 is 3.55. The standard InChI is InChI=1S/C15H24BrNO3/c1-10(2)20-14-7-12(16)11(6-13(14)19-5)8-17-15(3,4)9-18/h6-7,10,17-18H,8-9H2,1-5H3. The summed E-state index contributed by atoms with van der Waals surface area (Å²) in [6.07, 6.45) is 0.0908. The van der Waals surface area contributed by atoms with Gasteiger partial charge in [0.05, 0.1) is 19.8 Å². The third kappa shape index (κ3) is 4.96. The Morgan fingerprint density at radius 3 is 2.45 bits per heavy atom. The van der Waals surface area contributed by atoms with Crippen LogP contribution in [0.2, 0.25) is 0 Å². The SMILES string of the molecule is COc1cc(CNC(C)(C)CO)c(Br)cc1OC(C)C. The summed E-state index contributed by atoms with van der Waals surface area (Å²) in [5, 5.41) is 12.6. The summed E-state index contributed by atoms with van der Waals surface area (Å²) in [5.74, 6) is 1.43. The largest absolute Gasteiger partial charge is 0.493 e. The van der Waals surface area contributed by atoms with Gasteiger partial charge in [-0.15, -0.1) is 0 Å². The lowest BCUT2D eigenvalue weighted by molar-refractivity contribution is 0.187. The van der Waals surface area contributed by atoms with Crippen LogP contribution in [0.3, 0.4) is 0 Å². The summed E-state index contributed by atoms with van der Waals surface area (Å²) in [6.45, 7) is 8.57. The Morgan fingerprint density at radius 2 is 1.95 bits per heavy atom. The first-order valence-corrected chi connectivity index (χ1v) is 7.47. The molecule has 0 saturated heterocycles. The maximum absolute atomic E-state index is 9.27. The molecule has 0 amide bonds. The second-order valence-electron chi connectivity index (χ2n) is 5.66. The van der Waals surface area contributed by atoms with Crippen LogP contribution in [0, 0.1) is 0 Å². The lowest BCUT2D eigenvalue weighted by atomic mass is 10.1. The number of nitrogens with one attached hydrogen (secondary N) is 1. The highest BCUT2D eigenvalue weighted by atomic mass is 79.9. The second-order valence-corrected chi connectivity index (χ2v) is 6.51. The average Bonchev–Trinajstić information content (AvgIpc) is 2.37. The fraction of sp³-hybridized carbons (Fsp3) is 0.600. The highest BCUT2D eigenvalue weighted by Crippen LogP contribution is 2.34. The molecule has 1 aromatic carbocycles. The van der Waals surface area contributed by atoms with Crippen LogP contribution in [0.25, 0.3) is 0 Å². The van der Waals surface area contributed by atoms with Crippen molar-refractivity contribution in [2.45, 2.75) is 45.9 Å². The summed E-state index contributed by atoms with van der Waals surface area (Å²) in [7, 11) is 1.63. The Labute approximate surface area is 129 Å². The van der Waals surface area contributed by atoms with Gasteiger partial charge in [-0.3, -0.25) is 0 Å². The molecule has 5 heteroatoms. The average molecular weight is 346 g/mol. The predicted octanol–water partition coefficient (Wildman–Crippen LogP) is 3.11. The molecule has 4 nitrogen and oxygen atoms in total. The van der Waals surface area contributed by atoms with Gasteiger partial charge in [-0.2, -0.15) is 0 Å². The van der Waals surface area contributed by atoms with E-state index in [1.165, 1.54) is 0 Å². The Bertz CT molecular complexity index is 447. The van der Waals surface area contributed by atoms with E-state index in [-0.39, 0.29) is 18.2 Å². The molecule has 2 N–H and O–H groups in total. The zero-order chi connectivity index (χ0) is 15.3. The normalized spacial score (nSPS) is 11.8. The van der Waals surface area contributed by atoms with Gasteiger partial charge in [-0.1, -0.05) is 15.9 Å². The van der Waals surface area contributed by atoms with E-state index in [9.17, 15) is 5.11 Å². The molecular weight excluding hydrogens is 322 g/mol. The second kappa shape index (κ2) is 7.29. The zero-order valence-electron chi connectivity index (χ0n) is 12.8. The van der Waals surface area contributed by atoms with E-state index in [0.29, 0.717) is 12.3 Å². The highest BCUT2D eigenvalue weighted by Gasteiger charge is 2.17. The molecule has 20 heavy (non-hydrogen) atoms. The number of rotatable bonds is 7. The summed E-state index contributed by atoms with van der Waals surface area (Å²) in [6, 6.07) is 3.87. The van der Waals surface area contributed by atoms with E-state index in [0.717, 1.165) is 15.8 Å². The molecule has 1 aromatic rings. The van der Waals surface area contributed by atoms with Gasteiger partial charge in [0.2, 0.25) is 0 Å². The number of hydrogen-bond acceptors (Lipinski definition) is 4. The fourth-order valence-electron chi connectivity index (χ4n) is 1.61. The predicted molar refractivity (Wildman–Crippen MR) is 84.5 cm³/mol. The summed E-state index contributed by atoms with van der Waals surface area (Å²) in [4.78, 5) is 0. The van der Waals surface area contributed by atoms with Gasteiger partial charge in [-0.05, 0) is 45.4 Å². The molecule has 0 aliphatic heterocycles. The van der Waals surface area contributed by atoms with Gasteiger partial charge in [0, 0.05) is 16.6 Å². The van der Waals surface area contributed by atoms with E-state index < -0.39 is 0 Å². The maximum Gasteiger partial charge on any atom is 0.162 e. The van der Waals surface area contributed by atoms with Crippen LogP contribution in [-0.2, 0) is 6.54 Å². The third-order valence-corrected chi connectivity index (χ3v) is 3.59. The van der Waals surface area contributed by atoms with Crippen molar-refractivity contribution >= 4 is 15.9 Å². The van der Waals surface area contributed by atoms with Crippen molar-refractivity contribution in [3.63, 3.8) is 0 Å². The smallest absolute Gasteiger partial charge is 0.162 e. The molecule has 0 heterocycles. The minimum Gasteiger partial charge on any atom is -0.493 e. The van der Waals surface area contributed by atoms with Crippen molar-refractivity contribution < 1.29 is 14.6 Å². The Morgan fingerprint density at radius 1 is 1.30 bits per heavy atom. The first kappa shape index (κ1) is 17.3. The van der Waals surface area contributed by atoms with Gasteiger partial charge in [0.15, 0.2) is 11.5 Å². The van der Waals surface area contributed by atoms with Crippen LogP contribution in [-0.4, -0.2) is 30.5 Å². The molecule has 0 atom stereocenters. The van der Waals surface area contributed by atoms with E-state index in [4.69, 9.17) is 9.47 Å². The summed E-state index contributed by atoms with van der Waals surface area (Å²) < 4.78 is 12.1. The van der Waals surface area contributed by atoms with Gasteiger partial charge >= 0.3 is 0 Å². The van der Waals surface area contributed by atoms with Crippen LogP contribution in [0.4, 0.5) is 0 Å². The minimum absolute atomic E-state index is 0.0797. The van der Waals surface area contributed by atoms with Gasteiger partial charge in [0.25, 0.3) is 0 Å². The van der Waals surface area contributed by atoms with Crippen LogP contribution < -0.4 is 14.8 Å². The van der Waals surface area contributed by atoms with Crippen molar-refractivity contribution in [3.8, 4) is 11.5 Å². The quantitative estimate of drug-likeness (QED) is 0.797. The van der Waals surface area contributed by atoms with Gasteiger partial charge in [-0.25, -0.2) is 0 Å². The molecular formula is C15H24BrNO3. The van der Waals surface area contributed by atoms with Crippen molar-refractivity contribution in [2.24, 2.45) is 0 Å². The third-order valence-electron chi connectivity index (χ3n) is 2.85. The van der Waals surface area contributed by atoms with Crippen LogP contribution in [0.15, 0.2) is 16.6 Å². The van der Waals surface area contributed by atoms with E-state index in [1.807, 2.05) is 39.8 Å². The lowest BCUT2D eigenvalue weighted by Gasteiger charge is -2.24. The number of methoxy groups -OCH3 is 1. The number of ether oxygens (including phenoxy) is 2. The van der Waals surface area contributed by atoms with Crippen molar-refractivity contribution in [3.05, 3.63) is 22.2 Å². The van der Waals surface area contributed by atoms with E-state index >= 15 is 0 Å². The first-order valence-electron chi connectivity index (χ1n) is 6.68. The molecule has 0 aliphatic carbocycles. The maximum atomic E-state index is 9.27. The molecule has 1 rings (SSSR count). The van der Waals surface area contributed by atoms with Crippen molar-refractivity contribution in [2.75, 3.05) is 13.7 Å². The van der Waals surface area contributed by atoms with Crippen LogP contribution in [0.1, 0.15) is 33.3 Å². The molecule has 0 bridgehead atoms. The molecule has 0 spiro atoms. The van der Waals surface area contributed by atoms with Crippen LogP contribution >= 0.6 is 15.9 Å².